The van der Waals surface area contributed by atoms with E-state index in [1.54, 1.807) is 4.90 Å². The molecule has 1 atom stereocenters. The normalized spacial score (nSPS) is 12.2. The minimum atomic E-state index is 0.0589. The van der Waals surface area contributed by atoms with Gasteiger partial charge in [-0.25, -0.2) is 4.79 Å². The van der Waals surface area contributed by atoms with Crippen LogP contribution < -0.4 is 0 Å². The molecule has 0 N–H and O–H groups in total. The van der Waals surface area contributed by atoms with Gasteiger partial charge >= 0.3 is 6.03 Å². The van der Waals surface area contributed by atoms with Gasteiger partial charge in [-0.15, -0.1) is 0 Å². The van der Waals surface area contributed by atoms with E-state index in [0.717, 1.165) is 12.2 Å². The SMILES string of the molecule is CC(C)C(C)N(Cc1cccn1Cc1ccccc1)C(=O)N(C)C. The van der Waals surface area contributed by atoms with Crippen molar-refractivity contribution in [2.45, 2.75) is 39.9 Å². The van der Waals surface area contributed by atoms with Crippen LogP contribution in [0, 0.1) is 5.92 Å². The first kappa shape index (κ1) is 18.1. The van der Waals surface area contributed by atoms with Crippen molar-refractivity contribution < 1.29 is 4.79 Å². The number of nitrogens with zero attached hydrogens (tertiary/aromatic N) is 3. The van der Waals surface area contributed by atoms with Gasteiger partial charge in [0, 0.05) is 38.6 Å². The van der Waals surface area contributed by atoms with Gasteiger partial charge in [-0.2, -0.15) is 0 Å². The summed E-state index contributed by atoms with van der Waals surface area (Å²) in [5.41, 5.74) is 2.42. The molecule has 2 aromatic rings. The molecule has 1 unspecified atom stereocenters. The lowest BCUT2D eigenvalue weighted by atomic mass is 10.0. The van der Waals surface area contributed by atoms with Crippen LogP contribution in [0.2, 0.25) is 0 Å². The predicted octanol–water partition coefficient (Wildman–Crippen LogP) is 4.06. The average Bonchev–Trinajstić information content (AvgIpc) is 2.99. The van der Waals surface area contributed by atoms with Gasteiger partial charge in [-0.05, 0) is 30.5 Å². The Morgan fingerprint density at radius 1 is 1.04 bits per heavy atom. The van der Waals surface area contributed by atoms with Crippen molar-refractivity contribution in [1.82, 2.24) is 14.4 Å². The third kappa shape index (κ3) is 4.40. The molecule has 0 fully saturated rings. The summed E-state index contributed by atoms with van der Waals surface area (Å²) < 4.78 is 2.22. The van der Waals surface area contributed by atoms with E-state index in [4.69, 9.17) is 0 Å². The van der Waals surface area contributed by atoms with Gasteiger partial charge in [0.15, 0.2) is 0 Å². The molecule has 0 aliphatic heterocycles. The van der Waals surface area contributed by atoms with Crippen molar-refractivity contribution in [3.05, 3.63) is 59.9 Å². The fourth-order valence-corrected chi connectivity index (χ4v) is 2.70. The first-order valence-electron chi connectivity index (χ1n) is 8.56. The minimum absolute atomic E-state index is 0.0589. The van der Waals surface area contributed by atoms with E-state index < -0.39 is 0 Å². The van der Waals surface area contributed by atoms with Crippen LogP contribution in [0.4, 0.5) is 4.79 Å². The fourth-order valence-electron chi connectivity index (χ4n) is 2.70. The monoisotopic (exact) mass is 327 g/mol. The van der Waals surface area contributed by atoms with Gasteiger partial charge in [-0.1, -0.05) is 44.2 Å². The predicted molar refractivity (Wildman–Crippen MR) is 98.9 cm³/mol. The Morgan fingerprint density at radius 2 is 1.71 bits per heavy atom. The quantitative estimate of drug-likeness (QED) is 0.786. The van der Waals surface area contributed by atoms with Gasteiger partial charge in [0.05, 0.1) is 6.54 Å². The first-order chi connectivity index (χ1) is 11.4. The standard InChI is InChI=1S/C20H29N3O/c1-16(2)17(3)23(20(24)21(4)5)15-19-12-9-13-22(19)14-18-10-7-6-8-11-18/h6-13,16-17H,14-15H2,1-5H3. The lowest BCUT2D eigenvalue weighted by Gasteiger charge is -2.34. The van der Waals surface area contributed by atoms with Crippen molar-refractivity contribution >= 4 is 6.03 Å². The lowest BCUT2D eigenvalue weighted by Crippen LogP contribution is -2.46. The van der Waals surface area contributed by atoms with Crippen LogP contribution in [0.5, 0.6) is 0 Å². The molecule has 0 aliphatic rings. The van der Waals surface area contributed by atoms with E-state index in [2.05, 4.69) is 67.9 Å². The lowest BCUT2D eigenvalue weighted by molar-refractivity contribution is 0.132. The van der Waals surface area contributed by atoms with E-state index in [1.165, 1.54) is 5.56 Å². The number of urea groups is 1. The largest absolute Gasteiger partial charge is 0.345 e. The highest BCUT2D eigenvalue weighted by molar-refractivity contribution is 5.74. The van der Waals surface area contributed by atoms with E-state index in [-0.39, 0.29) is 12.1 Å². The van der Waals surface area contributed by atoms with Gasteiger partial charge < -0.3 is 14.4 Å². The Hall–Kier alpha value is -2.23. The number of carbonyl (C=O) groups is 1. The number of benzene rings is 1. The molecule has 0 bridgehead atoms. The zero-order valence-electron chi connectivity index (χ0n) is 15.4. The summed E-state index contributed by atoms with van der Waals surface area (Å²) in [6, 6.07) is 14.8. The van der Waals surface area contributed by atoms with Crippen LogP contribution in [-0.2, 0) is 13.1 Å². The Morgan fingerprint density at radius 3 is 2.29 bits per heavy atom. The Balaban J connectivity index is 2.21. The Labute approximate surface area is 145 Å². The molecule has 0 saturated heterocycles. The second kappa shape index (κ2) is 8.04. The van der Waals surface area contributed by atoms with Gasteiger partial charge in [0.2, 0.25) is 0 Å². The highest BCUT2D eigenvalue weighted by Crippen LogP contribution is 2.17. The Kier molecular flexibility index (Phi) is 6.07. The maximum Gasteiger partial charge on any atom is 0.320 e. The molecule has 1 aromatic carbocycles. The summed E-state index contributed by atoms with van der Waals surface area (Å²) in [6.07, 6.45) is 2.08. The highest BCUT2D eigenvalue weighted by Gasteiger charge is 2.25. The number of carbonyl (C=O) groups excluding carboxylic acids is 1. The minimum Gasteiger partial charge on any atom is -0.345 e. The van der Waals surface area contributed by atoms with Crippen molar-refractivity contribution in [3.63, 3.8) is 0 Å². The molecule has 130 valence electrons. The molecule has 2 amide bonds. The number of hydrogen-bond acceptors (Lipinski definition) is 1. The van der Waals surface area contributed by atoms with Gasteiger partial charge in [0.1, 0.15) is 0 Å². The fraction of sp³-hybridized carbons (Fsp3) is 0.450. The van der Waals surface area contributed by atoms with Crippen LogP contribution >= 0.6 is 0 Å². The zero-order valence-corrected chi connectivity index (χ0v) is 15.4. The third-order valence-corrected chi connectivity index (χ3v) is 4.54. The summed E-state index contributed by atoms with van der Waals surface area (Å²) in [5.74, 6) is 0.409. The third-order valence-electron chi connectivity index (χ3n) is 4.54. The highest BCUT2D eigenvalue weighted by atomic mass is 16.2. The molecule has 1 aromatic heterocycles. The van der Waals surface area contributed by atoms with Crippen LogP contribution in [0.1, 0.15) is 32.0 Å². The summed E-state index contributed by atoms with van der Waals surface area (Å²) in [4.78, 5) is 16.2. The smallest absolute Gasteiger partial charge is 0.320 e. The molecule has 0 radical (unpaired) electrons. The molecule has 24 heavy (non-hydrogen) atoms. The second-order valence-electron chi connectivity index (χ2n) is 6.90. The average molecular weight is 327 g/mol. The van der Waals surface area contributed by atoms with E-state index in [1.807, 2.05) is 25.1 Å². The summed E-state index contributed by atoms with van der Waals surface area (Å²) in [5, 5.41) is 0. The zero-order chi connectivity index (χ0) is 17.7. The Bertz CT molecular complexity index is 646. The van der Waals surface area contributed by atoms with Crippen LogP contribution in [0.15, 0.2) is 48.7 Å². The molecule has 0 spiro atoms. The summed E-state index contributed by atoms with van der Waals surface area (Å²) in [6.45, 7) is 7.88. The first-order valence-corrected chi connectivity index (χ1v) is 8.56. The van der Waals surface area contributed by atoms with Crippen LogP contribution in [-0.4, -0.2) is 40.5 Å². The van der Waals surface area contributed by atoms with E-state index >= 15 is 0 Å². The molecule has 4 heteroatoms. The van der Waals surface area contributed by atoms with Crippen molar-refractivity contribution in [3.8, 4) is 0 Å². The molecule has 0 saturated carbocycles. The maximum absolute atomic E-state index is 12.6. The molecule has 2 rings (SSSR count). The van der Waals surface area contributed by atoms with Crippen LogP contribution in [0.3, 0.4) is 0 Å². The van der Waals surface area contributed by atoms with Crippen molar-refractivity contribution in [2.75, 3.05) is 14.1 Å². The number of hydrogen-bond donors (Lipinski definition) is 0. The van der Waals surface area contributed by atoms with E-state index in [0.29, 0.717) is 12.5 Å². The number of rotatable bonds is 6. The van der Waals surface area contributed by atoms with Crippen LogP contribution in [0.25, 0.3) is 0 Å². The van der Waals surface area contributed by atoms with Gasteiger partial charge in [-0.3, -0.25) is 0 Å². The molecular formula is C20H29N3O. The molecular weight excluding hydrogens is 298 g/mol. The van der Waals surface area contributed by atoms with Gasteiger partial charge in [0.25, 0.3) is 0 Å². The second-order valence-corrected chi connectivity index (χ2v) is 6.90. The summed E-state index contributed by atoms with van der Waals surface area (Å²) in [7, 11) is 3.62. The molecule has 4 nitrogen and oxygen atoms in total. The molecule has 1 heterocycles. The summed E-state index contributed by atoms with van der Waals surface area (Å²) >= 11 is 0. The van der Waals surface area contributed by atoms with Crippen molar-refractivity contribution in [2.24, 2.45) is 5.92 Å². The number of aromatic nitrogens is 1. The topological polar surface area (TPSA) is 28.5 Å². The molecule has 0 aliphatic carbocycles. The van der Waals surface area contributed by atoms with E-state index in [9.17, 15) is 4.79 Å². The van der Waals surface area contributed by atoms with Crippen molar-refractivity contribution in [1.29, 1.82) is 0 Å². The maximum atomic E-state index is 12.6. The number of amides is 2.